The summed E-state index contributed by atoms with van der Waals surface area (Å²) in [5.74, 6) is 1.61. The summed E-state index contributed by atoms with van der Waals surface area (Å²) in [6, 6.07) is 9.81. The van der Waals surface area contributed by atoms with Gasteiger partial charge in [0.15, 0.2) is 5.82 Å². The maximum Gasteiger partial charge on any atom is 0.319 e. The van der Waals surface area contributed by atoms with Gasteiger partial charge in [-0.3, -0.25) is 4.90 Å². The van der Waals surface area contributed by atoms with Crippen molar-refractivity contribution >= 4 is 27.5 Å². The molecule has 3 aliphatic rings. The lowest BCUT2D eigenvalue weighted by atomic mass is 9.92. The zero-order valence-corrected chi connectivity index (χ0v) is 25.4. The van der Waals surface area contributed by atoms with Crippen LogP contribution in [0.4, 0.5) is 19.0 Å². The highest BCUT2D eigenvalue weighted by molar-refractivity contribution is 6.04. The standard InChI is InChI=1S/C35H35F3N4O3/c1-4-21-8-5-9-22-14-24(44-3)15-25(28(21)22)29-27(37)16-26-31(30(29)38)39-33(40-32(26)41-12-6-10-34(2,43)19-41)45-20-35-11-7-13-42(35)18-23(36)17-35/h1,5,8-9,14-16,23,43H,6-7,10-13,17-20H2,2-3H3/t23-,34-,35+/m1/s1. The van der Waals surface area contributed by atoms with E-state index in [-0.39, 0.29) is 47.0 Å². The van der Waals surface area contributed by atoms with Crippen molar-refractivity contribution in [2.75, 3.05) is 44.8 Å². The summed E-state index contributed by atoms with van der Waals surface area (Å²) in [5, 5.41) is 12.2. The minimum Gasteiger partial charge on any atom is -0.497 e. The molecule has 3 fully saturated rings. The molecule has 234 valence electrons. The van der Waals surface area contributed by atoms with E-state index in [0.29, 0.717) is 54.4 Å². The quantitative estimate of drug-likeness (QED) is 0.266. The Morgan fingerprint density at radius 1 is 1.13 bits per heavy atom. The number of alkyl halides is 1. The van der Waals surface area contributed by atoms with Crippen LogP contribution in [0.15, 0.2) is 36.4 Å². The van der Waals surface area contributed by atoms with Crippen LogP contribution in [0.3, 0.4) is 0 Å². The first-order valence-corrected chi connectivity index (χ1v) is 15.4. The molecule has 0 spiro atoms. The predicted molar refractivity (Wildman–Crippen MR) is 167 cm³/mol. The maximum absolute atomic E-state index is 16.9. The van der Waals surface area contributed by atoms with Crippen molar-refractivity contribution < 1.29 is 27.8 Å². The monoisotopic (exact) mass is 616 g/mol. The van der Waals surface area contributed by atoms with E-state index in [4.69, 9.17) is 15.9 Å². The molecule has 1 N–H and O–H groups in total. The number of rotatable bonds is 6. The Morgan fingerprint density at radius 3 is 2.73 bits per heavy atom. The second-order valence-electron chi connectivity index (χ2n) is 12.9. The molecular formula is C35H35F3N4O3. The molecule has 7 rings (SSSR count). The Hall–Kier alpha value is -4.07. The van der Waals surface area contributed by atoms with Crippen LogP contribution in [0.1, 0.15) is 44.6 Å². The largest absolute Gasteiger partial charge is 0.497 e. The molecular weight excluding hydrogens is 581 g/mol. The Bertz CT molecular complexity index is 1860. The number of aromatic nitrogens is 2. The van der Waals surface area contributed by atoms with Gasteiger partial charge >= 0.3 is 6.01 Å². The summed E-state index contributed by atoms with van der Waals surface area (Å²) < 4.78 is 59.3. The number of halogens is 3. The number of fused-ring (bicyclic) bond motifs is 3. The fourth-order valence-electron chi connectivity index (χ4n) is 7.60. The highest BCUT2D eigenvalue weighted by Crippen LogP contribution is 2.43. The fourth-order valence-corrected chi connectivity index (χ4v) is 7.60. The zero-order chi connectivity index (χ0) is 31.5. The highest BCUT2D eigenvalue weighted by Gasteiger charge is 2.49. The lowest BCUT2D eigenvalue weighted by Crippen LogP contribution is -2.46. The molecule has 45 heavy (non-hydrogen) atoms. The van der Waals surface area contributed by atoms with Crippen molar-refractivity contribution in [1.82, 2.24) is 14.9 Å². The van der Waals surface area contributed by atoms with E-state index >= 15 is 8.78 Å². The second kappa shape index (κ2) is 11.1. The van der Waals surface area contributed by atoms with Crippen molar-refractivity contribution in [2.24, 2.45) is 0 Å². The van der Waals surface area contributed by atoms with Crippen LogP contribution in [0, 0.1) is 24.0 Å². The van der Waals surface area contributed by atoms with Crippen LogP contribution in [0.5, 0.6) is 11.8 Å². The zero-order valence-electron chi connectivity index (χ0n) is 25.4. The van der Waals surface area contributed by atoms with Gasteiger partial charge in [-0.2, -0.15) is 9.97 Å². The molecule has 3 aromatic carbocycles. The van der Waals surface area contributed by atoms with Crippen LogP contribution < -0.4 is 14.4 Å². The summed E-state index contributed by atoms with van der Waals surface area (Å²) in [4.78, 5) is 13.1. The van der Waals surface area contributed by atoms with Crippen molar-refractivity contribution in [2.45, 2.75) is 56.3 Å². The van der Waals surface area contributed by atoms with E-state index in [1.54, 1.807) is 31.2 Å². The van der Waals surface area contributed by atoms with Crippen LogP contribution in [0.25, 0.3) is 32.8 Å². The number of terminal acetylenes is 1. The number of aliphatic hydroxyl groups is 1. The Labute approximate surface area is 260 Å². The summed E-state index contributed by atoms with van der Waals surface area (Å²) in [7, 11) is 1.49. The van der Waals surface area contributed by atoms with Gasteiger partial charge < -0.3 is 19.5 Å². The summed E-state index contributed by atoms with van der Waals surface area (Å²) in [5.41, 5.74) is -1.19. The van der Waals surface area contributed by atoms with E-state index < -0.39 is 28.9 Å². The summed E-state index contributed by atoms with van der Waals surface area (Å²) >= 11 is 0. The highest BCUT2D eigenvalue weighted by atomic mass is 19.1. The van der Waals surface area contributed by atoms with Crippen molar-refractivity contribution in [1.29, 1.82) is 0 Å². The predicted octanol–water partition coefficient (Wildman–Crippen LogP) is 6.02. The average Bonchev–Trinajstić information content (AvgIpc) is 3.54. The van der Waals surface area contributed by atoms with E-state index in [9.17, 15) is 9.50 Å². The number of methoxy groups -OCH3 is 1. The third-order valence-electron chi connectivity index (χ3n) is 9.66. The van der Waals surface area contributed by atoms with E-state index in [2.05, 4.69) is 20.8 Å². The number of β-amino-alcohol motifs (C(OH)–C–C–N with tert-alkyl or cyclic N) is 1. The van der Waals surface area contributed by atoms with Crippen LogP contribution in [-0.2, 0) is 0 Å². The second-order valence-corrected chi connectivity index (χ2v) is 12.9. The number of hydrogen-bond acceptors (Lipinski definition) is 7. The van der Waals surface area contributed by atoms with Gasteiger partial charge in [0.1, 0.15) is 35.7 Å². The number of ether oxygens (including phenoxy) is 2. The molecule has 1 aromatic heterocycles. The molecule has 0 unspecified atom stereocenters. The molecule has 0 bridgehead atoms. The molecule has 4 heterocycles. The summed E-state index contributed by atoms with van der Waals surface area (Å²) in [6.07, 6.45) is 8.21. The minimum atomic E-state index is -1.01. The van der Waals surface area contributed by atoms with Gasteiger partial charge in [0.2, 0.25) is 0 Å². The smallest absolute Gasteiger partial charge is 0.319 e. The van der Waals surface area contributed by atoms with E-state index in [0.717, 1.165) is 19.4 Å². The van der Waals surface area contributed by atoms with Crippen LogP contribution in [-0.4, -0.2) is 77.2 Å². The fraction of sp³-hybridized carbons (Fsp3) is 0.429. The van der Waals surface area contributed by atoms with Crippen LogP contribution in [0.2, 0.25) is 0 Å². The lowest BCUT2D eigenvalue weighted by molar-refractivity contribution is 0.0447. The first kappa shape index (κ1) is 29.6. The number of piperidine rings is 1. The van der Waals surface area contributed by atoms with Gasteiger partial charge in [0.05, 0.1) is 23.8 Å². The molecule has 7 nitrogen and oxygen atoms in total. The normalized spacial score (nSPS) is 25.1. The maximum atomic E-state index is 16.9. The number of hydrogen-bond donors (Lipinski definition) is 1. The molecule has 3 saturated heterocycles. The number of anilines is 1. The van der Waals surface area contributed by atoms with Gasteiger partial charge in [0.25, 0.3) is 0 Å². The van der Waals surface area contributed by atoms with Gasteiger partial charge in [-0.05, 0) is 68.8 Å². The third kappa shape index (κ3) is 5.12. The van der Waals surface area contributed by atoms with Crippen molar-refractivity contribution in [3.63, 3.8) is 0 Å². The Kier molecular flexibility index (Phi) is 7.29. The molecule has 0 radical (unpaired) electrons. The SMILES string of the molecule is C#Cc1cccc2cc(OC)cc(-c3c(F)cc4c(N5CCC[C@@](C)(O)C5)nc(OC[C@@]56CCCN5C[C@H](F)C6)nc4c3F)c12. The van der Waals surface area contributed by atoms with Gasteiger partial charge in [-0.1, -0.05) is 18.1 Å². The molecule has 0 amide bonds. The first-order valence-electron chi connectivity index (χ1n) is 15.4. The molecule has 3 atom stereocenters. The van der Waals surface area contributed by atoms with E-state index in [1.165, 1.54) is 13.2 Å². The first-order chi connectivity index (χ1) is 21.6. The average molecular weight is 617 g/mol. The van der Waals surface area contributed by atoms with Gasteiger partial charge in [-0.15, -0.1) is 6.42 Å². The third-order valence-corrected chi connectivity index (χ3v) is 9.66. The molecule has 4 aromatic rings. The molecule has 10 heteroatoms. The topological polar surface area (TPSA) is 71.0 Å². The lowest BCUT2D eigenvalue weighted by Gasteiger charge is -2.38. The van der Waals surface area contributed by atoms with Crippen LogP contribution >= 0.6 is 0 Å². The molecule has 3 aliphatic heterocycles. The Morgan fingerprint density at radius 2 is 1.96 bits per heavy atom. The number of nitrogens with zero attached hydrogens (tertiary/aromatic N) is 4. The Balaban J connectivity index is 1.41. The molecule has 0 saturated carbocycles. The number of benzene rings is 3. The van der Waals surface area contributed by atoms with Gasteiger partial charge in [-0.25, -0.2) is 13.2 Å². The van der Waals surface area contributed by atoms with Gasteiger partial charge in [0, 0.05) is 48.0 Å². The van der Waals surface area contributed by atoms with E-state index in [1.807, 2.05) is 11.0 Å². The minimum absolute atomic E-state index is 0.0810. The summed E-state index contributed by atoms with van der Waals surface area (Å²) in [6.45, 7) is 3.79. The van der Waals surface area contributed by atoms with Crippen molar-refractivity contribution in [3.8, 4) is 35.2 Å². The van der Waals surface area contributed by atoms with Crippen molar-refractivity contribution in [3.05, 3.63) is 53.6 Å². The molecule has 0 aliphatic carbocycles.